The fourth-order valence-electron chi connectivity index (χ4n) is 1.13. The van der Waals surface area contributed by atoms with Gasteiger partial charge in [0.15, 0.2) is 0 Å². The maximum absolute atomic E-state index is 11.4. The largest absolute Gasteiger partial charge is 0.378 e. The van der Waals surface area contributed by atoms with Gasteiger partial charge in [0.2, 0.25) is 5.91 Å². The van der Waals surface area contributed by atoms with E-state index in [9.17, 15) is 4.79 Å². The molecule has 12 heavy (non-hydrogen) atoms. The number of thioether (sulfide) groups is 1. The van der Waals surface area contributed by atoms with E-state index in [4.69, 9.17) is 4.74 Å². The van der Waals surface area contributed by atoms with E-state index in [0.717, 1.165) is 18.8 Å². The second-order valence-corrected chi connectivity index (χ2v) is 3.47. The van der Waals surface area contributed by atoms with Crippen molar-refractivity contribution in [1.82, 2.24) is 4.90 Å². The number of morpholine rings is 1. The summed E-state index contributed by atoms with van der Waals surface area (Å²) in [5, 5.41) is 0. The van der Waals surface area contributed by atoms with Crippen LogP contribution in [0.3, 0.4) is 0 Å². The number of hydrogen-bond acceptors (Lipinski definition) is 3. The van der Waals surface area contributed by atoms with Crippen LogP contribution in [0.25, 0.3) is 0 Å². The summed E-state index contributed by atoms with van der Waals surface area (Å²) in [7, 11) is 0. The van der Waals surface area contributed by atoms with Crippen molar-refractivity contribution >= 4 is 17.7 Å². The lowest BCUT2D eigenvalue weighted by Gasteiger charge is -2.26. The maximum Gasteiger partial charge on any atom is 0.223 e. The van der Waals surface area contributed by atoms with Crippen LogP contribution in [0.5, 0.6) is 0 Å². The van der Waals surface area contributed by atoms with Crippen molar-refractivity contribution in [2.45, 2.75) is 6.42 Å². The van der Waals surface area contributed by atoms with Gasteiger partial charge in [0.1, 0.15) is 0 Å². The third-order valence-corrected chi connectivity index (χ3v) is 2.32. The van der Waals surface area contributed by atoms with Crippen LogP contribution in [0.15, 0.2) is 0 Å². The zero-order valence-electron chi connectivity index (χ0n) is 7.12. The number of carbonyl (C=O) groups is 1. The zero-order valence-corrected chi connectivity index (χ0v) is 7.94. The molecule has 69 valence electrons. The van der Waals surface area contributed by atoms with Gasteiger partial charge in [-0.05, 0) is 0 Å². The molecular formula is C8H14NO2S. The van der Waals surface area contributed by atoms with Gasteiger partial charge in [-0.3, -0.25) is 4.79 Å². The molecule has 1 aliphatic rings. The molecule has 0 aliphatic carbocycles. The number of nitrogens with zero attached hydrogens (tertiary/aromatic N) is 1. The molecule has 0 atom stereocenters. The zero-order chi connectivity index (χ0) is 8.81. The van der Waals surface area contributed by atoms with Gasteiger partial charge < -0.3 is 9.64 Å². The molecule has 1 fully saturated rings. The van der Waals surface area contributed by atoms with Gasteiger partial charge in [-0.15, -0.1) is 0 Å². The Hall–Kier alpha value is -0.220. The van der Waals surface area contributed by atoms with Gasteiger partial charge in [-0.2, -0.15) is 11.8 Å². The van der Waals surface area contributed by atoms with Crippen LogP contribution in [0.2, 0.25) is 0 Å². The highest BCUT2D eigenvalue weighted by Gasteiger charge is 2.15. The van der Waals surface area contributed by atoms with Gasteiger partial charge in [-0.25, -0.2) is 0 Å². The van der Waals surface area contributed by atoms with E-state index < -0.39 is 0 Å². The van der Waals surface area contributed by atoms with Gasteiger partial charge in [0.25, 0.3) is 0 Å². The monoisotopic (exact) mass is 188 g/mol. The molecule has 1 rings (SSSR count). The maximum atomic E-state index is 11.4. The highest BCUT2D eigenvalue weighted by molar-refractivity contribution is 8.00. The van der Waals surface area contributed by atoms with Crippen LogP contribution in [-0.2, 0) is 9.53 Å². The number of ether oxygens (including phenoxy) is 1. The minimum Gasteiger partial charge on any atom is -0.378 e. The number of carbonyl (C=O) groups excluding carboxylic acids is 1. The first-order chi connectivity index (χ1) is 5.84. The third-order valence-electron chi connectivity index (χ3n) is 1.82. The molecule has 0 saturated carbocycles. The molecule has 1 radical (unpaired) electrons. The van der Waals surface area contributed by atoms with E-state index in [1.165, 1.54) is 11.8 Å². The summed E-state index contributed by atoms with van der Waals surface area (Å²) in [6.07, 6.45) is 4.23. The average molecular weight is 188 g/mol. The minimum atomic E-state index is 0.231. The molecule has 0 aromatic rings. The molecule has 0 N–H and O–H groups in total. The summed E-state index contributed by atoms with van der Waals surface area (Å²) < 4.78 is 5.14. The molecule has 3 nitrogen and oxygen atoms in total. The van der Waals surface area contributed by atoms with Gasteiger partial charge in [0.05, 0.1) is 13.2 Å². The van der Waals surface area contributed by atoms with Crippen LogP contribution in [0.1, 0.15) is 6.42 Å². The standard InChI is InChI=1S/C8H14NO2S/c1-12-7-2-8(10)9-3-5-11-6-4-9/h1-7H2. The van der Waals surface area contributed by atoms with Crippen LogP contribution >= 0.6 is 11.8 Å². The predicted molar refractivity (Wildman–Crippen MR) is 49.8 cm³/mol. The van der Waals surface area contributed by atoms with Crippen molar-refractivity contribution in [2.75, 3.05) is 32.1 Å². The molecule has 0 spiro atoms. The molecule has 4 heteroatoms. The van der Waals surface area contributed by atoms with Crippen LogP contribution in [-0.4, -0.2) is 42.9 Å². The topological polar surface area (TPSA) is 29.5 Å². The summed E-state index contributed by atoms with van der Waals surface area (Å²) in [4.78, 5) is 13.2. The molecular weight excluding hydrogens is 174 g/mol. The normalized spacial score (nSPS) is 17.9. The second kappa shape index (κ2) is 5.43. The molecule has 0 aromatic heterocycles. The molecule has 0 aromatic carbocycles. The van der Waals surface area contributed by atoms with Crippen molar-refractivity contribution in [3.63, 3.8) is 0 Å². The lowest BCUT2D eigenvalue weighted by atomic mass is 10.3. The van der Waals surface area contributed by atoms with Gasteiger partial charge in [0, 0.05) is 31.5 Å². The van der Waals surface area contributed by atoms with E-state index >= 15 is 0 Å². The summed E-state index contributed by atoms with van der Waals surface area (Å²) in [6, 6.07) is 0. The Morgan fingerprint density at radius 3 is 2.75 bits per heavy atom. The SMILES string of the molecule is [CH2]SCCC(=O)N1CCOCC1. The Balaban J connectivity index is 2.20. The van der Waals surface area contributed by atoms with Crippen molar-refractivity contribution in [3.05, 3.63) is 6.26 Å². The van der Waals surface area contributed by atoms with Gasteiger partial charge in [-0.1, -0.05) is 0 Å². The molecule has 1 saturated heterocycles. The third kappa shape index (κ3) is 3.03. The minimum absolute atomic E-state index is 0.231. The molecule has 0 bridgehead atoms. The smallest absolute Gasteiger partial charge is 0.223 e. The first-order valence-electron chi connectivity index (χ1n) is 4.07. The first kappa shape index (κ1) is 9.86. The number of amides is 1. The average Bonchev–Trinajstić information content (AvgIpc) is 2.15. The quantitative estimate of drug-likeness (QED) is 0.655. The Labute approximate surface area is 77.4 Å². The van der Waals surface area contributed by atoms with Crippen molar-refractivity contribution in [2.24, 2.45) is 0 Å². The lowest BCUT2D eigenvalue weighted by Crippen LogP contribution is -2.40. The van der Waals surface area contributed by atoms with E-state index in [-0.39, 0.29) is 5.91 Å². The number of hydrogen-bond donors (Lipinski definition) is 0. The van der Waals surface area contributed by atoms with Crippen LogP contribution in [0.4, 0.5) is 0 Å². The summed E-state index contributed by atoms with van der Waals surface area (Å²) >= 11 is 1.47. The lowest BCUT2D eigenvalue weighted by molar-refractivity contribution is -0.134. The highest BCUT2D eigenvalue weighted by atomic mass is 32.2. The second-order valence-electron chi connectivity index (χ2n) is 2.65. The molecule has 1 amide bonds. The fraction of sp³-hybridized carbons (Fsp3) is 0.750. The van der Waals surface area contributed by atoms with Crippen molar-refractivity contribution in [3.8, 4) is 0 Å². The summed E-state index contributed by atoms with van der Waals surface area (Å²) in [5.74, 6) is 1.05. The molecule has 1 aliphatic heterocycles. The fourth-order valence-corrected chi connectivity index (χ4v) is 1.45. The molecule has 1 heterocycles. The highest BCUT2D eigenvalue weighted by Crippen LogP contribution is 2.04. The van der Waals surface area contributed by atoms with Crippen molar-refractivity contribution in [1.29, 1.82) is 0 Å². The van der Waals surface area contributed by atoms with Crippen molar-refractivity contribution < 1.29 is 9.53 Å². The van der Waals surface area contributed by atoms with Crippen LogP contribution < -0.4 is 0 Å². The van der Waals surface area contributed by atoms with E-state index in [1.807, 2.05) is 4.90 Å². The van der Waals surface area contributed by atoms with E-state index in [1.54, 1.807) is 0 Å². The first-order valence-corrected chi connectivity index (χ1v) is 5.22. The molecule has 0 unspecified atom stereocenters. The van der Waals surface area contributed by atoms with E-state index in [0.29, 0.717) is 19.6 Å². The van der Waals surface area contributed by atoms with Gasteiger partial charge >= 0.3 is 0 Å². The summed E-state index contributed by atoms with van der Waals surface area (Å²) in [6.45, 7) is 2.87. The predicted octanol–water partition coefficient (Wildman–Crippen LogP) is 0.760. The Morgan fingerprint density at radius 1 is 1.50 bits per heavy atom. The van der Waals surface area contributed by atoms with E-state index in [2.05, 4.69) is 6.26 Å². The Morgan fingerprint density at radius 2 is 2.17 bits per heavy atom. The summed E-state index contributed by atoms with van der Waals surface area (Å²) in [5.41, 5.74) is 0. The van der Waals surface area contributed by atoms with Crippen LogP contribution in [0, 0.1) is 6.26 Å². The Kier molecular flexibility index (Phi) is 4.46. The number of rotatable bonds is 3. The Bertz CT molecular complexity index is 146.